The number of hydrogen-bond acceptors (Lipinski definition) is 4. The van der Waals surface area contributed by atoms with Gasteiger partial charge in [-0.2, -0.15) is 0 Å². The summed E-state index contributed by atoms with van der Waals surface area (Å²) >= 11 is 5.90. The van der Waals surface area contributed by atoms with Crippen molar-refractivity contribution in [3.8, 4) is 11.3 Å². The highest BCUT2D eigenvalue weighted by molar-refractivity contribution is 6.30. The average Bonchev–Trinajstić information content (AvgIpc) is 2.61. The van der Waals surface area contributed by atoms with Crippen LogP contribution in [0.15, 0.2) is 36.4 Å². The molecule has 2 heterocycles. The van der Waals surface area contributed by atoms with Gasteiger partial charge in [0, 0.05) is 37.8 Å². The van der Waals surface area contributed by atoms with E-state index in [4.69, 9.17) is 11.6 Å². The molecule has 24 heavy (non-hydrogen) atoms. The number of nitrogens with zero attached hydrogens (tertiary/aromatic N) is 4. The average molecular weight is 345 g/mol. The molecule has 2 aromatic rings. The fourth-order valence-corrected chi connectivity index (χ4v) is 3.02. The number of benzene rings is 1. The Balaban J connectivity index is 1.77. The molecular weight excluding hydrogens is 324 g/mol. The minimum absolute atomic E-state index is 0.000148. The van der Waals surface area contributed by atoms with Crippen molar-refractivity contribution in [1.29, 1.82) is 0 Å². The third-order valence-electron chi connectivity index (χ3n) is 4.15. The molecule has 0 bridgehead atoms. The number of carbonyl (C=O) groups is 1. The van der Waals surface area contributed by atoms with Crippen LogP contribution < -0.4 is 4.90 Å². The maximum absolute atomic E-state index is 12.0. The molecule has 1 unspecified atom stereocenters. The van der Waals surface area contributed by atoms with Crippen LogP contribution in [0.4, 0.5) is 5.82 Å². The first-order valence-electron chi connectivity index (χ1n) is 8.13. The number of anilines is 1. The topological polar surface area (TPSA) is 49.3 Å². The third kappa shape index (κ3) is 3.67. The van der Waals surface area contributed by atoms with Crippen molar-refractivity contribution < 1.29 is 4.79 Å². The van der Waals surface area contributed by atoms with E-state index in [-0.39, 0.29) is 5.91 Å². The van der Waals surface area contributed by atoms with Crippen LogP contribution in [0.5, 0.6) is 0 Å². The monoisotopic (exact) mass is 344 g/mol. The smallest absolute Gasteiger partial charge is 0.240 e. The molecule has 1 aliphatic rings. The number of aryl methyl sites for hydroxylation is 1. The summed E-state index contributed by atoms with van der Waals surface area (Å²) in [5.41, 5.74) is 2.00. The minimum atomic E-state index is -0.470. The molecule has 1 fully saturated rings. The maximum Gasteiger partial charge on any atom is 0.240 e. The van der Waals surface area contributed by atoms with Crippen LogP contribution in [-0.4, -0.2) is 52.3 Å². The van der Waals surface area contributed by atoms with Crippen LogP contribution in [-0.2, 0) is 4.79 Å². The summed E-state index contributed by atoms with van der Waals surface area (Å²) < 4.78 is 0. The van der Waals surface area contributed by atoms with Crippen molar-refractivity contribution in [2.24, 2.45) is 0 Å². The lowest BCUT2D eigenvalue weighted by atomic mass is 10.1. The van der Waals surface area contributed by atoms with E-state index >= 15 is 0 Å². The Labute approximate surface area is 147 Å². The van der Waals surface area contributed by atoms with Crippen LogP contribution in [0, 0.1) is 6.92 Å². The van der Waals surface area contributed by atoms with Crippen molar-refractivity contribution in [2.45, 2.75) is 19.2 Å². The van der Waals surface area contributed by atoms with E-state index in [9.17, 15) is 4.79 Å². The predicted molar refractivity (Wildman–Crippen MR) is 96.3 cm³/mol. The van der Waals surface area contributed by atoms with Gasteiger partial charge in [0.25, 0.3) is 0 Å². The highest BCUT2D eigenvalue weighted by atomic mass is 35.5. The molecule has 1 amide bonds. The van der Waals surface area contributed by atoms with Gasteiger partial charge in [-0.25, -0.2) is 9.97 Å². The van der Waals surface area contributed by atoms with Gasteiger partial charge in [-0.05, 0) is 13.8 Å². The maximum atomic E-state index is 12.0. The molecule has 0 N–H and O–H groups in total. The largest absolute Gasteiger partial charge is 0.353 e. The first-order valence-corrected chi connectivity index (χ1v) is 8.57. The van der Waals surface area contributed by atoms with E-state index in [1.54, 1.807) is 6.92 Å². The van der Waals surface area contributed by atoms with Crippen molar-refractivity contribution in [2.75, 3.05) is 31.1 Å². The van der Waals surface area contributed by atoms with Gasteiger partial charge in [0.2, 0.25) is 5.91 Å². The Hall–Kier alpha value is -2.14. The Morgan fingerprint density at radius 3 is 2.42 bits per heavy atom. The molecule has 0 aliphatic carbocycles. The van der Waals surface area contributed by atoms with Crippen molar-refractivity contribution in [3.63, 3.8) is 0 Å². The third-order valence-corrected chi connectivity index (χ3v) is 4.34. The summed E-state index contributed by atoms with van der Waals surface area (Å²) in [6.07, 6.45) is 0. The normalized spacial score (nSPS) is 16.1. The fraction of sp³-hybridized carbons (Fsp3) is 0.389. The number of carbonyl (C=O) groups excluding carboxylic acids is 1. The molecule has 1 aromatic carbocycles. The number of piperazine rings is 1. The lowest BCUT2D eigenvalue weighted by molar-refractivity contribution is -0.130. The molecule has 0 saturated carbocycles. The number of aromatic nitrogens is 2. The van der Waals surface area contributed by atoms with Gasteiger partial charge in [0.05, 0.1) is 5.69 Å². The molecule has 1 aliphatic heterocycles. The summed E-state index contributed by atoms with van der Waals surface area (Å²) in [6, 6.07) is 12.1. The highest BCUT2D eigenvalue weighted by Gasteiger charge is 2.24. The Morgan fingerprint density at radius 2 is 1.79 bits per heavy atom. The van der Waals surface area contributed by atoms with Crippen molar-refractivity contribution in [3.05, 3.63) is 42.2 Å². The van der Waals surface area contributed by atoms with E-state index < -0.39 is 5.38 Å². The molecule has 1 aromatic heterocycles. The second kappa shape index (κ2) is 7.18. The number of halogens is 1. The summed E-state index contributed by atoms with van der Waals surface area (Å²) in [5.74, 6) is 1.66. The fourth-order valence-electron chi connectivity index (χ4n) is 2.88. The zero-order valence-corrected chi connectivity index (χ0v) is 14.7. The number of amides is 1. The van der Waals surface area contributed by atoms with Gasteiger partial charge < -0.3 is 9.80 Å². The van der Waals surface area contributed by atoms with Crippen LogP contribution in [0.25, 0.3) is 11.3 Å². The Bertz CT molecular complexity index is 712. The van der Waals surface area contributed by atoms with Gasteiger partial charge >= 0.3 is 0 Å². The first kappa shape index (κ1) is 16.7. The number of rotatable bonds is 3. The second-order valence-corrected chi connectivity index (χ2v) is 6.61. The SMILES string of the molecule is Cc1nc(-c2ccccc2)cc(N2CCN(C(=O)C(C)Cl)CC2)n1. The molecule has 0 spiro atoms. The van der Waals surface area contributed by atoms with Crippen LogP contribution in [0.1, 0.15) is 12.7 Å². The number of hydrogen-bond donors (Lipinski definition) is 0. The van der Waals surface area contributed by atoms with Gasteiger partial charge in [0.15, 0.2) is 0 Å². The molecule has 0 radical (unpaired) electrons. The zero-order chi connectivity index (χ0) is 17.1. The van der Waals surface area contributed by atoms with Crippen molar-refractivity contribution >= 4 is 23.3 Å². The standard InChI is InChI=1S/C18H21ClN4O/c1-13(19)18(24)23-10-8-22(9-11-23)17-12-16(20-14(2)21-17)15-6-4-3-5-7-15/h3-7,12-13H,8-11H2,1-2H3. The van der Waals surface area contributed by atoms with E-state index in [0.29, 0.717) is 13.1 Å². The minimum Gasteiger partial charge on any atom is -0.353 e. The molecule has 126 valence electrons. The molecule has 1 saturated heterocycles. The van der Waals surface area contributed by atoms with Crippen LogP contribution >= 0.6 is 11.6 Å². The lowest BCUT2D eigenvalue weighted by Crippen LogP contribution is -2.50. The molecular formula is C18H21ClN4O. The number of alkyl halides is 1. The Morgan fingerprint density at radius 1 is 1.12 bits per heavy atom. The molecule has 5 nitrogen and oxygen atoms in total. The van der Waals surface area contributed by atoms with Crippen molar-refractivity contribution in [1.82, 2.24) is 14.9 Å². The van der Waals surface area contributed by atoms with Gasteiger partial charge in [-0.15, -0.1) is 11.6 Å². The lowest BCUT2D eigenvalue weighted by Gasteiger charge is -2.36. The predicted octanol–water partition coefficient (Wildman–Crippen LogP) is 2.73. The van der Waals surface area contributed by atoms with E-state index in [1.807, 2.05) is 48.2 Å². The summed E-state index contributed by atoms with van der Waals surface area (Å²) in [6.45, 7) is 6.46. The van der Waals surface area contributed by atoms with E-state index in [2.05, 4.69) is 14.9 Å². The van der Waals surface area contributed by atoms with E-state index in [0.717, 1.165) is 36.0 Å². The van der Waals surface area contributed by atoms with Gasteiger partial charge in [-0.3, -0.25) is 4.79 Å². The second-order valence-electron chi connectivity index (χ2n) is 5.95. The van der Waals surface area contributed by atoms with E-state index in [1.165, 1.54) is 0 Å². The molecule has 1 atom stereocenters. The zero-order valence-electron chi connectivity index (χ0n) is 13.9. The van der Waals surface area contributed by atoms with Crippen LogP contribution in [0.3, 0.4) is 0 Å². The Kier molecular flexibility index (Phi) is 5.00. The summed E-state index contributed by atoms with van der Waals surface area (Å²) in [4.78, 5) is 25.1. The first-order chi connectivity index (χ1) is 11.5. The van der Waals surface area contributed by atoms with Crippen LogP contribution in [0.2, 0.25) is 0 Å². The van der Waals surface area contributed by atoms with Gasteiger partial charge in [0.1, 0.15) is 17.0 Å². The summed E-state index contributed by atoms with van der Waals surface area (Å²) in [7, 11) is 0. The summed E-state index contributed by atoms with van der Waals surface area (Å²) in [5, 5.41) is -0.470. The molecule has 6 heteroatoms. The highest BCUT2D eigenvalue weighted by Crippen LogP contribution is 2.22. The molecule has 3 rings (SSSR count). The van der Waals surface area contributed by atoms with Gasteiger partial charge in [-0.1, -0.05) is 30.3 Å². The quantitative estimate of drug-likeness (QED) is 0.803.